The number of aryl methyl sites for hydroxylation is 1. The molecule has 25 heavy (non-hydrogen) atoms. The van der Waals surface area contributed by atoms with Gasteiger partial charge in [-0.2, -0.15) is 0 Å². The van der Waals surface area contributed by atoms with Crippen molar-refractivity contribution >= 4 is 48.6 Å². The Kier molecular flexibility index (Phi) is 3.16. The highest BCUT2D eigenvalue weighted by atomic mass is 79.9. The van der Waals surface area contributed by atoms with E-state index in [1.165, 1.54) is 7.11 Å². The number of carbonyl (C=O) groups excluding carboxylic acids is 1. The van der Waals surface area contributed by atoms with Crippen LogP contribution in [0, 0.1) is 0 Å². The summed E-state index contributed by atoms with van der Waals surface area (Å²) in [5.41, 5.74) is 1.34. The van der Waals surface area contributed by atoms with Crippen molar-refractivity contribution in [3.05, 3.63) is 42.3 Å². The monoisotopic (exact) mass is 468 g/mol. The quantitative estimate of drug-likeness (QED) is 0.592. The average Bonchev–Trinajstić information content (AvgIpc) is 3.21. The fourth-order valence-corrected chi connectivity index (χ4v) is 4.78. The Hall–Kier alpha value is -1.80. The average molecular weight is 470 g/mol. The molecule has 0 N–H and O–H groups in total. The summed E-state index contributed by atoms with van der Waals surface area (Å²) in [6, 6.07) is 1.76. The van der Waals surface area contributed by atoms with Crippen molar-refractivity contribution in [2.75, 3.05) is 7.11 Å². The zero-order chi connectivity index (χ0) is 17.5. The van der Waals surface area contributed by atoms with Gasteiger partial charge in [-0.05, 0) is 27.9 Å². The van der Waals surface area contributed by atoms with Crippen molar-refractivity contribution in [1.29, 1.82) is 0 Å². The highest BCUT2D eigenvalue weighted by Gasteiger charge is 2.47. The van der Waals surface area contributed by atoms with Gasteiger partial charge in [0.05, 0.1) is 22.5 Å². The van der Waals surface area contributed by atoms with Crippen molar-refractivity contribution in [2.45, 2.75) is 25.0 Å². The fourth-order valence-electron chi connectivity index (χ4n) is 3.81. The van der Waals surface area contributed by atoms with E-state index in [-0.39, 0.29) is 17.3 Å². The lowest BCUT2D eigenvalue weighted by molar-refractivity contribution is -0.00816. The maximum Gasteiger partial charge on any atom is 0.347 e. The molecule has 2 aliphatic heterocycles. The number of ether oxygens (including phenoxy) is 3. The summed E-state index contributed by atoms with van der Waals surface area (Å²) in [5.74, 6) is 0.623. The van der Waals surface area contributed by atoms with Crippen LogP contribution in [-0.2, 0) is 11.2 Å². The van der Waals surface area contributed by atoms with Gasteiger partial charge in [0.1, 0.15) is 28.6 Å². The molecule has 0 bridgehead atoms. The van der Waals surface area contributed by atoms with E-state index < -0.39 is 11.9 Å². The van der Waals surface area contributed by atoms with Crippen LogP contribution in [0.15, 0.2) is 24.4 Å². The second-order valence-electron chi connectivity index (χ2n) is 6.06. The maximum absolute atomic E-state index is 12.4. The first-order valence-corrected chi connectivity index (χ1v) is 9.22. The molecule has 1 aromatic heterocycles. The summed E-state index contributed by atoms with van der Waals surface area (Å²) in [6.07, 6.45) is 0.256. The minimum atomic E-state index is -0.609. The molecule has 0 saturated carbocycles. The number of methoxy groups -OCH3 is 1. The zero-order valence-electron chi connectivity index (χ0n) is 12.9. The molecular formula is C17H10Br2O6. The highest BCUT2D eigenvalue weighted by Crippen LogP contribution is 2.55. The Morgan fingerprint density at radius 1 is 1.20 bits per heavy atom. The molecule has 0 saturated heterocycles. The van der Waals surface area contributed by atoms with Crippen LogP contribution in [-0.4, -0.2) is 19.2 Å². The molecule has 1 unspecified atom stereocenters. The molecule has 0 fully saturated rings. The van der Waals surface area contributed by atoms with Crippen molar-refractivity contribution in [2.24, 2.45) is 0 Å². The van der Waals surface area contributed by atoms with Crippen LogP contribution in [0.1, 0.15) is 33.8 Å². The van der Waals surface area contributed by atoms with Gasteiger partial charge in [-0.25, -0.2) is 4.79 Å². The summed E-state index contributed by atoms with van der Waals surface area (Å²) in [6.45, 7) is 0. The smallest absolute Gasteiger partial charge is 0.347 e. The normalized spacial score (nSPS) is 23.4. The molecule has 6 nitrogen and oxygen atoms in total. The summed E-state index contributed by atoms with van der Waals surface area (Å²) < 4.78 is 24.0. The van der Waals surface area contributed by atoms with E-state index in [1.54, 1.807) is 6.07 Å². The Bertz CT molecular complexity index is 1070. The van der Waals surface area contributed by atoms with Crippen LogP contribution in [0.25, 0.3) is 11.0 Å². The van der Waals surface area contributed by atoms with Gasteiger partial charge < -0.3 is 18.6 Å². The van der Waals surface area contributed by atoms with Gasteiger partial charge in [-0.1, -0.05) is 15.9 Å². The molecule has 1 aromatic carbocycles. The summed E-state index contributed by atoms with van der Waals surface area (Å²) >= 11 is 6.86. The van der Waals surface area contributed by atoms with Gasteiger partial charge >= 0.3 is 5.63 Å². The van der Waals surface area contributed by atoms with Crippen molar-refractivity contribution < 1.29 is 23.4 Å². The van der Waals surface area contributed by atoms with E-state index in [4.69, 9.17) is 18.6 Å². The lowest BCUT2D eigenvalue weighted by Gasteiger charge is -2.13. The molecule has 128 valence electrons. The minimum Gasteiger partial charge on any atom is -0.496 e. The number of rotatable bonds is 1. The third kappa shape index (κ3) is 1.89. The number of fused-ring (bicyclic) bond motifs is 7. The second-order valence-corrected chi connectivity index (χ2v) is 7.64. The molecule has 0 amide bonds. The summed E-state index contributed by atoms with van der Waals surface area (Å²) in [7, 11) is 1.54. The molecule has 3 aliphatic rings. The van der Waals surface area contributed by atoms with Crippen LogP contribution in [0.3, 0.4) is 0 Å². The predicted molar refractivity (Wildman–Crippen MR) is 94.8 cm³/mol. The Balaban J connectivity index is 1.92. The molecule has 5 rings (SSSR count). The predicted octanol–water partition coefficient (Wildman–Crippen LogP) is 3.72. The fraction of sp³-hybridized carbons (Fsp3) is 0.294. The van der Waals surface area contributed by atoms with Gasteiger partial charge in [0.2, 0.25) is 0 Å². The molecule has 0 spiro atoms. The largest absolute Gasteiger partial charge is 0.496 e. The van der Waals surface area contributed by atoms with E-state index in [9.17, 15) is 9.59 Å². The van der Waals surface area contributed by atoms with Gasteiger partial charge in [-0.15, -0.1) is 0 Å². The van der Waals surface area contributed by atoms with Crippen LogP contribution < -0.4 is 15.1 Å². The van der Waals surface area contributed by atoms with Crippen LogP contribution >= 0.6 is 31.9 Å². The first-order chi connectivity index (χ1) is 12.0. The lowest BCUT2D eigenvalue weighted by Crippen LogP contribution is -2.16. The molecule has 2 atom stereocenters. The van der Waals surface area contributed by atoms with E-state index in [1.807, 2.05) is 0 Å². The Morgan fingerprint density at radius 3 is 2.76 bits per heavy atom. The first-order valence-electron chi connectivity index (χ1n) is 7.63. The topological polar surface area (TPSA) is 75.0 Å². The van der Waals surface area contributed by atoms with E-state index in [0.29, 0.717) is 45.5 Å². The van der Waals surface area contributed by atoms with Gasteiger partial charge in [0.15, 0.2) is 10.5 Å². The van der Waals surface area contributed by atoms with Gasteiger partial charge in [0.25, 0.3) is 6.29 Å². The van der Waals surface area contributed by atoms with Crippen molar-refractivity contribution in [1.82, 2.24) is 0 Å². The minimum absolute atomic E-state index is 0.139. The van der Waals surface area contributed by atoms with Crippen molar-refractivity contribution in [3.8, 4) is 11.5 Å². The standard InChI is InChI=1S/C17H10Br2O6/c1-22-7-4-8-11(12-13(18)15(19)25-17(12)23-8)14-10(7)5-2-3-6(20)9(5)16(21)24-14/h4,12,17H,2-3H2,1H3/t12?,17-/m0/s1. The van der Waals surface area contributed by atoms with Gasteiger partial charge in [0, 0.05) is 12.5 Å². The number of ketones is 1. The molecular weight excluding hydrogens is 460 g/mol. The SMILES string of the molecule is COc1cc2c(c3oc(=O)c4c(c13)CCC4=O)C1C(Br)=C(Br)O[C@@H]1O2. The van der Waals surface area contributed by atoms with E-state index >= 15 is 0 Å². The Morgan fingerprint density at radius 2 is 2.00 bits per heavy atom. The second kappa shape index (κ2) is 5.11. The van der Waals surface area contributed by atoms with Crippen LogP contribution in [0.4, 0.5) is 0 Å². The maximum atomic E-state index is 12.4. The molecule has 2 aromatic rings. The first kappa shape index (κ1) is 15.5. The highest BCUT2D eigenvalue weighted by molar-refractivity contribution is 9.14. The van der Waals surface area contributed by atoms with Crippen molar-refractivity contribution in [3.63, 3.8) is 0 Å². The lowest BCUT2D eigenvalue weighted by atomic mass is 9.95. The van der Waals surface area contributed by atoms with Gasteiger partial charge in [-0.3, -0.25) is 4.79 Å². The molecule has 8 heteroatoms. The molecule has 3 heterocycles. The molecule has 1 aliphatic carbocycles. The molecule has 0 radical (unpaired) electrons. The Labute approximate surface area is 158 Å². The third-order valence-electron chi connectivity index (χ3n) is 4.86. The number of benzene rings is 1. The van der Waals surface area contributed by atoms with E-state index in [0.717, 1.165) is 10.0 Å². The number of carbonyl (C=O) groups is 1. The third-order valence-corrected chi connectivity index (χ3v) is 6.86. The summed E-state index contributed by atoms with van der Waals surface area (Å²) in [5, 5.41) is 0.661. The number of Topliss-reactive ketones (excluding diaryl/α,β-unsaturated/α-hetero) is 1. The van der Waals surface area contributed by atoms with Crippen LogP contribution in [0.2, 0.25) is 0 Å². The van der Waals surface area contributed by atoms with Crippen LogP contribution in [0.5, 0.6) is 11.5 Å². The number of halogens is 2. The number of hydrogen-bond donors (Lipinski definition) is 0. The summed E-state index contributed by atoms with van der Waals surface area (Å²) in [4.78, 5) is 24.5. The van der Waals surface area contributed by atoms with E-state index in [2.05, 4.69) is 31.9 Å². The zero-order valence-corrected chi connectivity index (χ0v) is 16.0. The number of hydrogen-bond acceptors (Lipinski definition) is 6.